The number of anilines is 2. The van der Waals surface area contributed by atoms with Crippen LogP contribution in [-0.2, 0) is 12.8 Å². The molecular formula is C29H36N6OS. The van der Waals surface area contributed by atoms with Gasteiger partial charge in [0.2, 0.25) is 0 Å². The van der Waals surface area contributed by atoms with Gasteiger partial charge in [-0.05, 0) is 108 Å². The number of aryl methyl sites for hydroxylation is 3. The maximum Gasteiger partial charge on any atom is 0.145 e. The van der Waals surface area contributed by atoms with Crippen molar-refractivity contribution in [3.63, 3.8) is 0 Å². The first-order valence-electron chi connectivity index (χ1n) is 13.0. The Hall–Kier alpha value is -3.07. The van der Waals surface area contributed by atoms with Crippen molar-refractivity contribution in [1.29, 1.82) is 0 Å². The molecule has 0 saturated heterocycles. The summed E-state index contributed by atoms with van der Waals surface area (Å²) in [5, 5.41) is 8.35. The number of nitrogens with zero attached hydrogens (tertiary/aromatic N) is 4. The van der Waals surface area contributed by atoms with Gasteiger partial charge in [0, 0.05) is 29.3 Å². The van der Waals surface area contributed by atoms with Crippen molar-refractivity contribution < 1.29 is 4.74 Å². The highest BCUT2D eigenvalue weighted by Crippen LogP contribution is 2.41. The Morgan fingerprint density at radius 3 is 2.76 bits per heavy atom. The zero-order valence-corrected chi connectivity index (χ0v) is 23.0. The molecule has 1 atom stereocenters. The van der Waals surface area contributed by atoms with Crippen LogP contribution in [0.5, 0.6) is 11.5 Å². The van der Waals surface area contributed by atoms with Gasteiger partial charge in [0.15, 0.2) is 0 Å². The summed E-state index contributed by atoms with van der Waals surface area (Å²) < 4.78 is 6.04. The van der Waals surface area contributed by atoms with Gasteiger partial charge in [0.05, 0.1) is 11.6 Å². The second kappa shape index (κ2) is 11.5. The van der Waals surface area contributed by atoms with Crippen molar-refractivity contribution in [1.82, 2.24) is 25.2 Å². The molecule has 0 amide bonds. The molecule has 8 heteroatoms. The average molecular weight is 517 g/mol. The van der Waals surface area contributed by atoms with Crippen LogP contribution in [0, 0.1) is 19.8 Å². The van der Waals surface area contributed by atoms with E-state index in [0.717, 1.165) is 77.5 Å². The Bertz CT molecular complexity index is 1350. The van der Waals surface area contributed by atoms with Gasteiger partial charge < -0.3 is 20.3 Å². The summed E-state index contributed by atoms with van der Waals surface area (Å²) in [4.78, 5) is 18.4. The van der Waals surface area contributed by atoms with Crippen LogP contribution < -0.4 is 15.4 Å². The van der Waals surface area contributed by atoms with Gasteiger partial charge in [-0.2, -0.15) is 0 Å². The van der Waals surface area contributed by atoms with Crippen LogP contribution >= 0.6 is 11.3 Å². The fourth-order valence-electron chi connectivity index (χ4n) is 4.87. The molecule has 0 spiro atoms. The minimum atomic E-state index is 0.732. The zero-order valence-electron chi connectivity index (χ0n) is 22.2. The van der Waals surface area contributed by atoms with E-state index in [9.17, 15) is 0 Å². The van der Waals surface area contributed by atoms with Gasteiger partial charge >= 0.3 is 0 Å². The van der Waals surface area contributed by atoms with E-state index in [4.69, 9.17) is 4.74 Å². The number of benzene rings is 1. The number of pyridine rings is 1. The highest BCUT2D eigenvalue weighted by atomic mass is 32.1. The number of likely N-dealkylation sites (N-methyl/N-ethyl adjacent to an activating group) is 1. The standard InChI is InChI=1S/C29H36N6OS/c1-19-15-22(7-10-25(19)36-23-8-5-20(2)31-17-23)34-28-27-24-9-6-21(11-12-30-13-14-35(3)4)16-26(24)37-29(27)33-18-32-28/h5,7-8,10,15,17-18,21,30H,6,9,11-14,16H2,1-4H3,(H,32,33,34). The Morgan fingerprint density at radius 2 is 1.97 bits per heavy atom. The third-order valence-electron chi connectivity index (χ3n) is 6.96. The van der Waals surface area contributed by atoms with E-state index in [-0.39, 0.29) is 0 Å². The Morgan fingerprint density at radius 1 is 1.08 bits per heavy atom. The molecule has 194 valence electrons. The lowest BCUT2D eigenvalue weighted by Crippen LogP contribution is -2.28. The van der Waals surface area contributed by atoms with Crippen LogP contribution in [-0.4, -0.2) is 53.6 Å². The summed E-state index contributed by atoms with van der Waals surface area (Å²) >= 11 is 1.84. The molecule has 2 N–H and O–H groups in total. The SMILES string of the molecule is Cc1ccc(Oc2ccc(Nc3ncnc4sc5c(c34)CCC(CCNCCN(C)C)C5)cc2C)cn1. The smallest absolute Gasteiger partial charge is 0.145 e. The molecule has 3 heterocycles. The van der Waals surface area contributed by atoms with Crippen molar-refractivity contribution >= 4 is 33.1 Å². The number of hydrogen-bond donors (Lipinski definition) is 2. The van der Waals surface area contributed by atoms with E-state index in [2.05, 4.69) is 57.6 Å². The summed E-state index contributed by atoms with van der Waals surface area (Å²) in [5.41, 5.74) is 4.44. The van der Waals surface area contributed by atoms with Gasteiger partial charge in [-0.3, -0.25) is 4.98 Å². The first-order valence-corrected chi connectivity index (χ1v) is 13.9. The van der Waals surface area contributed by atoms with E-state index in [1.54, 1.807) is 12.5 Å². The number of ether oxygens (including phenoxy) is 1. The van der Waals surface area contributed by atoms with Crippen molar-refractivity contribution in [3.05, 3.63) is 64.6 Å². The largest absolute Gasteiger partial charge is 0.455 e. The zero-order chi connectivity index (χ0) is 25.8. The summed E-state index contributed by atoms with van der Waals surface area (Å²) in [6.07, 6.45) is 8.12. The minimum Gasteiger partial charge on any atom is -0.455 e. The molecule has 0 radical (unpaired) electrons. The molecular weight excluding hydrogens is 480 g/mol. The highest BCUT2D eigenvalue weighted by Gasteiger charge is 2.25. The van der Waals surface area contributed by atoms with Gasteiger partial charge in [0.1, 0.15) is 28.5 Å². The van der Waals surface area contributed by atoms with Crippen molar-refractivity contribution in [2.45, 2.75) is 39.5 Å². The number of nitrogens with one attached hydrogen (secondary N) is 2. The van der Waals surface area contributed by atoms with Gasteiger partial charge in [-0.25, -0.2) is 9.97 Å². The van der Waals surface area contributed by atoms with E-state index in [1.807, 2.05) is 42.5 Å². The van der Waals surface area contributed by atoms with Crippen molar-refractivity contribution in [3.8, 4) is 11.5 Å². The van der Waals surface area contributed by atoms with Gasteiger partial charge in [0.25, 0.3) is 0 Å². The average Bonchev–Trinajstić information content (AvgIpc) is 3.25. The minimum absolute atomic E-state index is 0.732. The van der Waals surface area contributed by atoms with Crippen LogP contribution in [0.25, 0.3) is 10.2 Å². The Kier molecular flexibility index (Phi) is 7.98. The number of hydrogen-bond acceptors (Lipinski definition) is 8. The molecule has 1 unspecified atom stereocenters. The summed E-state index contributed by atoms with van der Waals surface area (Å²) in [6.45, 7) is 7.24. The predicted octanol–water partition coefficient (Wildman–Crippen LogP) is 5.89. The third-order valence-corrected chi connectivity index (χ3v) is 8.12. The van der Waals surface area contributed by atoms with E-state index < -0.39 is 0 Å². The maximum atomic E-state index is 6.04. The molecule has 1 aliphatic carbocycles. The molecule has 3 aromatic heterocycles. The highest BCUT2D eigenvalue weighted by molar-refractivity contribution is 7.19. The van der Waals surface area contributed by atoms with Crippen LogP contribution in [0.3, 0.4) is 0 Å². The second-order valence-corrected chi connectivity index (χ2v) is 11.3. The van der Waals surface area contributed by atoms with Crippen LogP contribution in [0.4, 0.5) is 11.5 Å². The summed E-state index contributed by atoms with van der Waals surface area (Å²) in [5.74, 6) is 3.18. The molecule has 1 aliphatic rings. The maximum absolute atomic E-state index is 6.04. The Balaban J connectivity index is 1.27. The fraction of sp³-hybridized carbons (Fsp3) is 0.414. The Labute approximate surface area is 223 Å². The third kappa shape index (κ3) is 6.26. The quantitative estimate of drug-likeness (QED) is 0.255. The molecule has 0 aliphatic heterocycles. The van der Waals surface area contributed by atoms with Gasteiger partial charge in [-0.15, -0.1) is 11.3 Å². The molecule has 0 saturated carbocycles. The molecule has 7 nitrogen and oxygen atoms in total. The lowest BCUT2D eigenvalue weighted by Gasteiger charge is -2.23. The molecule has 1 aromatic carbocycles. The van der Waals surface area contributed by atoms with Crippen molar-refractivity contribution in [2.75, 3.05) is 39.0 Å². The first kappa shape index (κ1) is 25.6. The normalized spacial score (nSPS) is 15.2. The van der Waals surface area contributed by atoms with E-state index in [1.165, 1.54) is 28.7 Å². The number of fused-ring (bicyclic) bond motifs is 3. The van der Waals surface area contributed by atoms with Crippen LogP contribution in [0.15, 0.2) is 42.9 Å². The second-order valence-electron chi connectivity index (χ2n) is 10.2. The first-order chi connectivity index (χ1) is 18.0. The molecule has 37 heavy (non-hydrogen) atoms. The fourth-order valence-corrected chi connectivity index (χ4v) is 6.18. The summed E-state index contributed by atoms with van der Waals surface area (Å²) in [7, 11) is 4.24. The van der Waals surface area contributed by atoms with Crippen LogP contribution in [0.2, 0.25) is 0 Å². The number of thiophene rings is 1. The van der Waals surface area contributed by atoms with Gasteiger partial charge in [-0.1, -0.05) is 0 Å². The predicted molar refractivity (Wildman–Crippen MR) is 152 cm³/mol. The van der Waals surface area contributed by atoms with E-state index >= 15 is 0 Å². The van der Waals surface area contributed by atoms with E-state index in [0.29, 0.717) is 0 Å². The molecule has 0 fully saturated rings. The number of aromatic nitrogens is 3. The lowest BCUT2D eigenvalue weighted by atomic mass is 9.86. The molecule has 4 aromatic rings. The lowest BCUT2D eigenvalue weighted by molar-refractivity contribution is 0.381. The number of rotatable bonds is 10. The van der Waals surface area contributed by atoms with Crippen LogP contribution in [0.1, 0.15) is 34.5 Å². The van der Waals surface area contributed by atoms with Crippen molar-refractivity contribution in [2.24, 2.45) is 5.92 Å². The summed E-state index contributed by atoms with van der Waals surface area (Å²) in [6, 6.07) is 10.0. The monoisotopic (exact) mass is 516 g/mol. The topological polar surface area (TPSA) is 75.2 Å². The molecule has 5 rings (SSSR count). The molecule has 0 bridgehead atoms.